The fourth-order valence-corrected chi connectivity index (χ4v) is 0.735. The zero-order valence-corrected chi connectivity index (χ0v) is 7.58. The first kappa shape index (κ1) is 9.03. The van der Waals surface area contributed by atoms with Crippen molar-refractivity contribution in [1.29, 1.82) is 0 Å². The second kappa shape index (κ2) is 4.74. The highest BCUT2D eigenvalue weighted by Gasteiger charge is 2.03. The summed E-state index contributed by atoms with van der Waals surface area (Å²) in [6.45, 7) is 5.48. The van der Waals surface area contributed by atoms with Gasteiger partial charge in [0.1, 0.15) is 6.10 Å². The van der Waals surface area contributed by atoms with E-state index >= 15 is 0 Å². The van der Waals surface area contributed by atoms with Crippen LogP contribution in [-0.2, 0) is 4.84 Å². The third-order valence-corrected chi connectivity index (χ3v) is 1.70. The molecule has 4 nitrogen and oxygen atoms in total. The monoisotopic (exact) mass is 169 g/mol. The highest BCUT2D eigenvalue weighted by atomic mass is 16.6. The summed E-state index contributed by atoms with van der Waals surface area (Å²) in [6, 6.07) is 0. The maximum Gasteiger partial charge on any atom is 0.124 e. The molecule has 0 aromatic heterocycles. The molecule has 68 valence electrons. The maximum atomic E-state index is 5.20. The fraction of sp³-hybridized carbons (Fsp3) is 0.750. The quantitative estimate of drug-likeness (QED) is 0.635. The van der Waals surface area contributed by atoms with Crippen LogP contribution in [0.25, 0.3) is 0 Å². The van der Waals surface area contributed by atoms with Crippen molar-refractivity contribution in [2.24, 2.45) is 10.1 Å². The second-order valence-electron chi connectivity index (χ2n) is 2.83. The number of hydrogen-bond donors (Lipinski definition) is 1. The van der Waals surface area contributed by atoms with Crippen molar-refractivity contribution in [1.82, 2.24) is 5.32 Å². The molecule has 0 amide bonds. The van der Waals surface area contributed by atoms with Gasteiger partial charge in [-0.3, -0.25) is 4.99 Å². The van der Waals surface area contributed by atoms with E-state index in [1.54, 1.807) is 6.34 Å². The Morgan fingerprint density at radius 2 is 2.67 bits per heavy atom. The standard InChI is InChI=1S/C8H15N3O/c1-3-7(2)12-11-8-4-9-6-10-5-8/h6-7H,3-5H2,1-2H3,(H,9,10). The minimum Gasteiger partial charge on any atom is -0.393 e. The molecule has 1 aliphatic rings. The molecule has 1 aliphatic heterocycles. The van der Waals surface area contributed by atoms with Gasteiger partial charge < -0.3 is 10.2 Å². The minimum atomic E-state index is 0.198. The molecule has 0 aliphatic carbocycles. The van der Waals surface area contributed by atoms with Gasteiger partial charge in [-0.25, -0.2) is 0 Å². The smallest absolute Gasteiger partial charge is 0.124 e. The topological polar surface area (TPSA) is 46.0 Å². The van der Waals surface area contributed by atoms with E-state index in [9.17, 15) is 0 Å². The van der Waals surface area contributed by atoms with Crippen molar-refractivity contribution in [3.63, 3.8) is 0 Å². The molecule has 1 atom stereocenters. The number of oxime groups is 1. The summed E-state index contributed by atoms with van der Waals surface area (Å²) in [4.78, 5) is 9.22. The SMILES string of the molecule is CCC(C)ON=C1CN=CNC1. The molecule has 4 heteroatoms. The van der Waals surface area contributed by atoms with Gasteiger partial charge in [-0.05, 0) is 13.3 Å². The third-order valence-electron chi connectivity index (χ3n) is 1.70. The highest BCUT2D eigenvalue weighted by Crippen LogP contribution is 1.97. The Kier molecular flexibility index (Phi) is 3.57. The molecule has 1 unspecified atom stereocenters. The van der Waals surface area contributed by atoms with Crippen LogP contribution in [0.5, 0.6) is 0 Å². The largest absolute Gasteiger partial charge is 0.393 e. The normalized spacial score (nSPS) is 22.0. The molecule has 12 heavy (non-hydrogen) atoms. The van der Waals surface area contributed by atoms with Gasteiger partial charge >= 0.3 is 0 Å². The summed E-state index contributed by atoms with van der Waals surface area (Å²) < 4.78 is 0. The Balaban J connectivity index is 2.31. The molecule has 0 spiro atoms. The maximum absolute atomic E-state index is 5.20. The van der Waals surface area contributed by atoms with Crippen LogP contribution < -0.4 is 5.32 Å². The van der Waals surface area contributed by atoms with Crippen LogP contribution in [0.1, 0.15) is 20.3 Å². The summed E-state index contributed by atoms with van der Waals surface area (Å²) in [6.07, 6.45) is 2.87. The van der Waals surface area contributed by atoms with E-state index in [1.165, 1.54) is 0 Å². The molecule has 0 saturated heterocycles. The van der Waals surface area contributed by atoms with Crippen LogP contribution in [0.15, 0.2) is 10.1 Å². The van der Waals surface area contributed by atoms with E-state index < -0.39 is 0 Å². The molecule has 1 N–H and O–H groups in total. The van der Waals surface area contributed by atoms with Gasteiger partial charge in [-0.2, -0.15) is 0 Å². The van der Waals surface area contributed by atoms with Gasteiger partial charge in [0, 0.05) is 0 Å². The van der Waals surface area contributed by atoms with Crippen LogP contribution in [0.3, 0.4) is 0 Å². The molecule has 0 fully saturated rings. The highest BCUT2D eigenvalue weighted by molar-refractivity contribution is 5.92. The van der Waals surface area contributed by atoms with E-state index in [2.05, 4.69) is 22.4 Å². The molecule has 0 saturated carbocycles. The first-order valence-corrected chi connectivity index (χ1v) is 4.26. The third kappa shape index (κ3) is 2.90. The predicted molar refractivity (Wildman–Crippen MR) is 49.6 cm³/mol. The van der Waals surface area contributed by atoms with Crippen molar-refractivity contribution in [3.05, 3.63) is 0 Å². The lowest BCUT2D eigenvalue weighted by Gasteiger charge is -2.10. The molecular formula is C8H15N3O. The summed E-state index contributed by atoms with van der Waals surface area (Å²) in [5.41, 5.74) is 0.956. The van der Waals surface area contributed by atoms with Crippen LogP contribution in [0.4, 0.5) is 0 Å². The minimum absolute atomic E-state index is 0.198. The number of nitrogens with one attached hydrogen (secondary N) is 1. The van der Waals surface area contributed by atoms with Crippen molar-refractivity contribution < 1.29 is 4.84 Å². The van der Waals surface area contributed by atoms with Crippen LogP contribution >= 0.6 is 0 Å². The van der Waals surface area contributed by atoms with Crippen molar-refractivity contribution in [2.45, 2.75) is 26.4 Å². The molecule has 0 bridgehead atoms. The Bertz CT molecular complexity index is 189. The summed E-state index contributed by atoms with van der Waals surface area (Å²) in [5, 5.41) is 6.97. The van der Waals surface area contributed by atoms with Gasteiger partial charge in [0.15, 0.2) is 0 Å². The average Bonchev–Trinajstić information content (AvgIpc) is 2.16. The summed E-state index contributed by atoms with van der Waals surface area (Å²) >= 11 is 0. The number of nitrogens with zero attached hydrogens (tertiary/aromatic N) is 2. The van der Waals surface area contributed by atoms with Crippen LogP contribution in [0, 0.1) is 0 Å². The molecule has 1 rings (SSSR count). The number of hydrogen-bond acceptors (Lipinski definition) is 4. The molecule has 0 radical (unpaired) electrons. The van der Waals surface area contributed by atoms with Gasteiger partial charge in [0.05, 0.1) is 25.1 Å². The molecule has 1 heterocycles. The van der Waals surface area contributed by atoms with Gasteiger partial charge in [-0.1, -0.05) is 12.1 Å². The second-order valence-corrected chi connectivity index (χ2v) is 2.83. The lowest BCUT2D eigenvalue weighted by molar-refractivity contribution is 0.0693. The zero-order chi connectivity index (χ0) is 8.81. The summed E-state index contributed by atoms with van der Waals surface area (Å²) in [5.74, 6) is 0. The van der Waals surface area contributed by atoms with E-state index in [4.69, 9.17) is 4.84 Å². The lowest BCUT2D eigenvalue weighted by atomic mass is 10.3. The Labute approximate surface area is 72.7 Å². The van der Waals surface area contributed by atoms with Gasteiger partial charge in [0.25, 0.3) is 0 Å². The molecular weight excluding hydrogens is 154 g/mol. The predicted octanol–water partition coefficient (Wildman–Crippen LogP) is 0.789. The van der Waals surface area contributed by atoms with Crippen molar-refractivity contribution in [3.8, 4) is 0 Å². The van der Waals surface area contributed by atoms with Gasteiger partial charge in [-0.15, -0.1) is 0 Å². The van der Waals surface area contributed by atoms with E-state index in [0.717, 1.165) is 18.7 Å². The lowest BCUT2D eigenvalue weighted by Crippen LogP contribution is -2.29. The Hall–Kier alpha value is -1.06. The van der Waals surface area contributed by atoms with E-state index in [0.29, 0.717) is 6.54 Å². The van der Waals surface area contributed by atoms with Crippen molar-refractivity contribution >= 4 is 12.1 Å². The summed E-state index contributed by atoms with van der Waals surface area (Å²) in [7, 11) is 0. The van der Waals surface area contributed by atoms with E-state index in [-0.39, 0.29) is 6.10 Å². The fourth-order valence-electron chi connectivity index (χ4n) is 0.735. The zero-order valence-electron chi connectivity index (χ0n) is 7.58. The Morgan fingerprint density at radius 1 is 1.83 bits per heavy atom. The first-order valence-electron chi connectivity index (χ1n) is 4.26. The van der Waals surface area contributed by atoms with E-state index in [1.807, 2.05) is 6.92 Å². The molecule has 0 aromatic rings. The Morgan fingerprint density at radius 3 is 3.25 bits per heavy atom. The van der Waals surface area contributed by atoms with Crippen LogP contribution in [-0.4, -0.2) is 31.2 Å². The van der Waals surface area contributed by atoms with Crippen molar-refractivity contribution in [2.75, 3.05) is 13.1 Å². The number of rotatable bonds is 3. The van der Waals surface area contributed by atoms with Crippen LogP contribution in [0.2, 0.25) is 0 Å². The number of aliphatic imine (C=N–C) groups is 1. The van der Waals surface area contributed by atoms with Gasteiger partial charge in [0.2, 0.25) is 0 Å². The average molecular weight is 169 g/mol. The first-order chi connectivity index (χ1) is 5.83. The molecule has 0 aromatic carbocycles.